The third-order valence-corrected chi connectivity index (χ3v) is 1.96. The molecule has 0 fully saturated rings. The number of carbonyl (C=O) groups is 2. The van der Waals surface area contributed by atoms with Crippen molar-refractivity contribution in [3.05, 3.63) is 29.6 Å². The average molecular weight is 270 g/mol. The second kappa shape index (κ2) is 5.69. The number of hydrogen-bond acceptors (Lipinski definition) is 4. The quantitative estimate of drug-likeness (QED) is 0.849. The summed E-state index contributed by atoms with van der Waals surface area (Å²) in [4.78, 5) is 22.1. The van der Waals surface area contributed by atoms with Crippen molar-refractivity contribution in [2.75, 3.05) is 6.61 Å². The highest BCUT2D eigenvalue weighted by molar-refractivity contribution is 5.88. The molecule has 0 aromatic heterocycles. The van der Waals surface area contributed by atoms with Crippen molar-refractivity contribution in [3.63, 3.8) is 0 Å². The first-order valence-electron chi connectivity index (χ1n) is 5.57. The SMILES string of the molecule is CC(C)(C)OC(=O)COc1cccc(C(=O)O)c1F. The van der Waals surface area contributed by atoms with Crippen LogP contribution < -0.4 is 4.74 Å². The Balaban J connectivity index is 2.71. The molecule has 0 unspecified atom stereocenters. The van der Waals surface area contributed by atoms with E-state index in [0.717, 1.165) is 6.07 Å². The number of hydrogen-bond donors (Lipinski definition) is 1. The van der Waals surface area contributed by atoms with Gasteiger partial charge in [0.25, 0.3) is 0 Å². The lowest BCUT2D eigenvalue weighted by Crippen LogP contribution is -2.27. The van der Waals surface area contributed by atoms with Gasteiger partial charge in [-0.15, -0.1) is 0 Å². The number of ether oxygens (including phenoxy) is 2. The Morgan fingerprint density at radius 3 is 2.47 bits per heavy atom. The molecule has 6 heteroatoms. The van der Waals surface area contributed by atoms with E-state index in [1.165, 1.54) is 12.1 Å². The Kier molecular flexibility index (Phi) is 4.47. The molecule has 0 saturated heterocycles. The van der Waals surface area contributed by atoms with Gasteiger partial charge >= 0.3 is 11.9 Å². The molecule has 0 bridgehead atoms. The van der Waals surface area contributed by atoms with Crippen LogP contribution in [0.1, 0.15) is 31.1 Å². The van der Waals surface area contributed by atoms with Gasteiger partial charge < -0.3 is 14.6 Å². The van der Waals surface area contributed by atoms with Gasteiger partial charge in [0.05, 0.1) is 5.56 Å². The van der Waals surface area contributed by atoms with E-state index in [-0.39, 0.29) is 5.75 Å². The number of carbonyl (C=O) groups excluding carboxylic acids is 1. The molecule has 0 aliphatic heterocycles. The summed E-state index contributed by atoms with van der Waals surface area (Å²) in [5.41, 5.74) is -1.18. The molecule has 0 spiro atoms. The minimum Gasteiger partial charge on any atom is -0.479 e. The lowest BCUT2D eigenvalue weighted by molar-refractivity contribution is -0.157. The van der Waals surface area contributed by atoms with Crippen LogP contribution in [0.25, 0.3) is 0 Å². The minimum atomic E-state index is -1.40. The van der Waals surface area contributed by atoms with Crippen LogP contribution >= 0.6 is 0 Å². The Morgan fingerprint density at radius 2 is 1.95 bits per heavy atom. The fraction of sp³-hybridized carbons (Fsp3) is 0.385. The van der Waals surface area contributed by atoms with Crippen molar-refractivity contribution < 1.29 is 28.6 Å². The topological polar surface area (TPSA) is 72.8 Å². The summed E-state index contributed by atoms with van der Waals surface area (Å²) in [5, 5.41) is 8.73. The molecule has 104 valence electrons. The number of halogens is 1. The summed E-state index contributed by atoms with van der Waals surface area (Å²) in [6, 6.07) is 3.68. The maximum Gasteiger partial charge on any atom is 0.344 e. The Hall–Kier alpha value is -2.11. The molecule has 0 heterocycles. The molecule has 0 aliphatic carbocycles. The molecule has 5 nitrogen and oxygen atoms in total. The van der Waals surface area contributed by atoms with Gasteiger partial charge in [-0.1, -0.05) is 6.07 Å². The molecule has 0 saturated carbocycles. The fourth-order valence-corrected chi connectivity index (χ4v) is 1.30. The normalized spacial score (nSPS) is 10.9. The summed E-state index contributed by atoms with van der Waals surface area (Å²) >= 11 is 0. The zero-order valence-corrected chi connectivity index (χ0v) is 10.9. The first-order valence-corrected chi connectivity index (χ1v) is 5.57. The van der Waals surface area contributed by atoms with Crippen LogP contribution in [0, 0.1) is 5.82 Å². The first-order chi connectivity index (χ1) is 8.70. The Morgan fingerprint density at radius 1 is 1.32 bits per heavy atom. The smallest absolute Gasteiger partial charge is 0.344 e. The third kappa shape index (κ3) is 4.57. The number of benzene rings is 1. The van der Waals surface area contributed by atoms with Crippen molar-refractivity contribution in [1.29, 1.82) is 0 Å². The number of esters is 1. The molecule has 1 aromatic carbocycles. The largest absolute Gasteiger partial charge is 0.479 e. The highest BCUT2D eigenvalue weighted by atomic mass is 19.1. The van der Waals surface area contributed by atoms with E-state index in [0.29, 0.717) is 0 Å². The van der Waals surface area contributed by atoms with E-state index >= 15 is 0 Å². The van der Waals surface area contributed by atoms with E-state index < -0.39 is 35.5 Å². The predicted octanol–water partition coefficient (Wildman–Crippen LogP) is 2.24. The minimum absolute atomic E-state index is 0.300. The van der Waals surface area contributed by atoms with E-state index in [2.05, 4.69) is 0 Å². The molecule has 0 atom stereocenters. The van der Waals surface area contributed by atoms with Crippen LogP contribution in [0.4, 0.5) is 4.39 Å². The van der Waals surface area contributed by atoms with Gasteiger partial charge in [-0.3, -0.25) is 0 Å². The Labute approximate surface area is 109 Å². The van der Waals surface area contributed by atoms with Crippen molar-refractivity contribution in [2.45, 2.75) is 26.4 Å². The molecular formula is C13H15FO5. The zero-order chi connectivity index (χ0) is 14.6. The van der Waals surface area contributed by atoms with E-state index in [9.17, 15) is 14.0 Å². The lowest BCUT2D eigenvalue weighted by Gasteiger charge is -2.19. The number of carboxylic acids is 1. The van der Waals surface area contributed by atoms with E-state index in [1.807, 2.05) is 0 Å². The van der Waals surface area contributed by atoms with Crippen LogP contribution in [-0.4, -0.2) is 29.3 Å². The van der Waals surface area contributed by atoms with Crippen molar-refractivity contribution in [3.8, 4) is 5.75 Å². The summed E-state index contributed by atoms with van der Waals surface area (Å²) in [6.07, 6.45) is 0. The highest BCUT2D eigenvalue weighted by Crippen LogP contribution is 2.20. The molecule has 1 N–H and O–H groups in total. The molecule has 0 amide bonds. The van der Waals surface area contributed by atoms with Crippen molar-refractivity contribution in [2.24, 2.45) is 0 Å². The van der Waals surface area contributed by atoms with Crippen molar-refractivity contribution in [1.82, 2.24) is 0 Å². The number of rotatable bonds is 4. The summed E-state index contributed by atoms with van der Waals surface area (Å²) < 4.78 is 23.6. The summed E-state index contributed by atoms with van der Waals surface area (Å²) in [5.74, 6) is -3.38. The van der Waals surface area contributed by atoms with Crippen LogP contribution in [0.5, 0.6) is 5.75 Å². The average Bonchev–Trinajstić information content (AvgIpc) is 2.24. The van der Waals surface area contributed by atoms with Gasteiger partial charge in [0.1, 0.15) is 5.60 Å². The van der Waals surface area contributed by atoms with Gasteiger partial charge in [0, 0.05) is 0 Å². The lowest BCUT2D eigenvalue weighted by atomic mass is 10.2. The van der Waals surface area contributed by atoms with Gasteiger partial charge in [-0.05, 0) is 32.9 Å². The molecule has 0 aliphatic rings. The molecular weight excluding hydrogens is 255 g/mol. The van der Waals surface area contributed by atoms with E-state index in [1.54, 1.807) is 20.8 Å². The number of carboxylic acid groups (broad SMARTS) is 1. The van der Waals surface area contributed by atoms with Gasteiger partial charge in [-0.2, -0.15) is 0 Å². The number of aromatic carboxylic acids is 1. The van der Waals surface area contributed by atoms with Crippen LogP contribution in [-0.2, 0) is 9.53 Å². The van der Waals surface area contributed by atoms with Crippen molar-refractivity contribution >= 4 is 11.9 Å². The standard InChI is InChI=1S/C13H15FO5/c1-13(2,3)19-10(15)7-18-9-6-4-5-8(11(9)14)12(16)17/h4-6H,7H2,1-3H3,(H,16,17). The van der Waals surface area contributed by atoms with Gasteiger partial charge in [0.15, 0.2) is 18.2 Å². The maximum absolute atomic E-state index is 13.7. The third-order valence-electron chi connectivity index (χ3n) is 1.96. The Bertz CT molecular complexity index is 490. The molecule has 0 radical (unpaired) electrons. The summed E-state index contributed by atoms with van der Waals surface area (Å²) in [6.45, 7) is 4.58. The van der Waals surface area contributed by atoms with Crippen LogP contribution in [0.2, 0.25) is 0 Å². The monoisotopic (exact) mass is 270 g/mol. The fourth-order valence-electron chi connectivity index (χ4n) is 1.30. The van der Waals surface area contributed by atoms with Crippen LogP contribution in [0.15, 0.2) is 18.2 Å². The van der Waals surface area contributed by atoms with Gasteiger partial charge in [-0.25, -0.2) is 14.0 Å². The first kappa shape index (κ1) is 14.9. The maximum atomic E-state index is 13.7. The predicted molar refractivity (Wildman–Crippen MR) is 64.7 cm³/mol. The molecule has 19 heavy (non-hydrogen) atoms. The van der Waals surface area contributed by atoms with Crippen LogP contribution in [0.3, 0.4) is 0 Å². The second-order valence-corrected chi connectivity index (χ2v) is 4.80. The zero-order valence-electron chi connectivity index (χ0n) is 10.9. The second-order valence-electron chi connectivity index (χ2n) is 4.80. The highest BCUT2D eigenvalue weighted by Gasteiger charge is 2.19. The summed E-state index contributed by atoms with van der Waals surface area (Å²) in [7, 11) is 0. The van der Waals surface area contributed by atoms with E-state index in [4.69, 9.17) is 14.6 Å². The van der Waals surface area contributed by atoms with Gasteiger partial charge in [0.2, 0.25) is 0 Å². The molecule has 1 aromatic rings. The molecule has 1 rings (SSSR count).